The first-order chi connectivity index (χ1) is 8.52. The van der Waals surface area contributed by atoms with Gasteiger partial charge in [0, 0.05) is 11.6 Å². The summed E-state index contributed by atoms with van der Waals surface area (Å²) in [7, 11) is 0. The van der Waals surface area contributed by atoms with E-state index in [-0.39, 0.29) is 11.8 Å². The second kappa shape index (κ2) is 6.64. The van der Waals surface area contributed by atoms with E-state index in [1.165, 1.54) is 0 Å². The van der Waals surface area contributed by atoms with Gasteiger partial charge in [-0.25, -0.2) is 0 Å². The number of hydrogen-bond donors (Lipinski definition) is 1. The number of anilines is 1. The molecule has 1 atom stereocenters. The van der Waals surface area contributed by atoms with Gasteiger partial charge in [0.15, 0.2) is 0 Å². The summed E-state index contributed by atoms with van der Waals surface area (Å²) in [6.07, 6.45) is 0.776. The number of carbonyl (C=O) groups is 2. The standard InChI is InChI=1S/C13H17NO4/c1-3-9(2)13(17)14-10-4-6-11(7-5-10)18-8-12(15)16/h4-7,9H,3,8H2,1-2H3,(H,14,17)(H,15,16)/p-1/t9-/m0/s1. The Balaban J connectivity index is 2.55. The van der Waals surface area contributed by atoms with Crippen LogP contribution < -0.4 is 15.2 Å². The topological polar surface area (TPSA) is 78.5 Å². The van der Waals surface area contributed by atoms with Crippen molar-refractivity contribution >= 4 is 17.6 Å². The van der Waals surface area contributed by atoms with Gasteiger partial charge in [-0.15, -0.1) is 0 Å². The number of amides is 1. The van der Waals surface area contributed by atoms with Crippen molar-refractivity contribution in [1.29, 1.82) is 0 Å². The van der Waals surface area contributed by atoms with Crippen molar-refractivity contribution in [2.24, 2.45) is 5.92 Å². The summed E-state index contributed by atoms with van der Waals surface area (Å²) in [5.41, 5.74) is 0.654. The molecule has 0 aromatic heterocycles. The first kappa shape index (κ1) is 14.0. The third-order valence-corrected chi connectivity index (χ3v) is 2.54. The highest BCUT2D eigenvalue weighted by molar-refractivity contribution is 5.92. The smallest absolute Gasteiger partial charge is 0.227 e. The highest BCUT2D eigenvalue weighted by Crippen LogP contribution is 2.16. The lowest BCUT2D eigenvalue weighted by molar-refractivity contribution is -0.307. The first-order valence-electron chi connectivity index (χ1n) is 5.76. The molecule has 0 saturated heterocycles. The highest BCUT2D eigenvalue weighted by Gasteiger charge is 2.10. The summed E-state index contributed by atoms with van der Waals surface area (Å²) < 4.78 is 4.92. The number of benzene rings is 1. The maximum absolute atomic E-state index is 11.6. The number of hydrogen-bond acceptors (Lipinski definition) is 4. The van der Waals surface area contributed by atoms with E-state index in [1.807, 2.05) is 13.8 Å². The molecular weight excluding hydrogens is 234 g/mol. The van der Waals surface area contributed by atoms with Crippen molar-refractivity contribution in [1.82, 2.24) is 0 Å². The van der Waals surface area contributed by atoms with Crippen LogP contribution in [0.2, 0.25) is 0 Å². The lowest BCUT2D eigenvalue weighted by Gasteiger charge is -2.11. The molecule has 18 heavy (non-hydrogen) atoms. The lowest BCUT2D eigenvalue weighted by atomic mass is 10.1. The van der Waals surface area contributed by atoms with Crippen LogP contribution in [-0.2, 0) is 9.59 Å². The van der Waals surface area contributed by atoms with Gasteiger partial charge in [0.1, 0.15) is 12.4 Å². The van der Waals surface area contributed by atoms with E-state index in [9.17, 15) is 14.7 Å². The zero-order valence-corrected chi connectivity index (χ0v) is 10.4. The Kier molecular flexibility index (Phi) is 5.17. The Labute approximate surface area is 106 Å². The number of aliphatic carboxylic acids is 1. The van der Waals surface area contributed by atoms with Crippen LogP contribution >= 0.6 is 0 Å². The number of rotatable bonds is 6. The normalized spacial score (nSPS) is 11.7. The van der Waals surface area contributed by atoms with Crippen molar-refractivity contribution < 1.29 is 19.4 Å². The molecule has 0 fully saturated rings. The molecule has 0 saturated carbocycles. The van der Waals surface area contributed by atoms with Gasteiger partial charge < -0.3 is 20.0 Å². The Bertz CT molecular complexity index is 414. The zero-order chi connectivity index (χ0) is 13.5. The summed E-state index contributed by atoms with van der Waals surface area (Å²) >= 11 is 0. The first-order valence-corrected chi connectivity index (χ1v) is 5.76. The Hall–Kier alpha value is -2.04. The van der Waals surface area contributed by atoms with Crippen LogP contribution in [0.3, 0.4) is 0 Å². The van der Waals surface area contributed by atoms with E-state index in [2.05, 4.69) is 5.32 Å². The predicted molar refractivity (Wildman–Crippen MR) is 65.0 cm³/mol. The van der Waals surface area contributed by atoms with Gasteiger partial charge in [-0.3, -0.25) is 4.79 Å². The number of carbonyl (C=O) groups excluding carboxylic acids is 2. The lowest BCUT2D eigenvalue weighted by Crippen LogP contribution is -2.28. The quantitative estimate of drug-likeness (QED) is 0.810. The van der Waals surface area contributed by atoms with Crippen LogP contribution in [0, 0.1) is 5.92 Å². The van der Waals surface area contributed by atoms with E-state index >= 15 is 0 Å². The molecule has 0 aliphatic carbocycles. The van der Waals surface area contributed by atoms with Gasteiger partial charge in [0.05, 0.1) is 5.97 Å². The summed E-state index contributed by atoms with van der Waals surface area (Å²) in [5, 5.41) is 13.0. The van der Waals surface area contributed by atoms with E-state index in [0.29, 0.717) is 11.4 Å². The number of carboxylic acid groups (broad SMARTS) is 1. The Morgan fingerprint density at radius 3 is 2.44 bits per heavy atom. The molecule has 0 heterocycles. The molecule has 1 aromatic rings. The molecule has 1 amide bonds. The fourth-order valence-corrected chi connectivity index (χ4v) is 1.23. The van der Waals surface area contributed by atoms with Gasteiger partial charge in [-0.2, -0.15) is 0 Å². The summed E-state index contributed by atoms with van der Waals surface area (Å²) in [5.74, 6) is -0.940. The minimum Gasteiger partial charge on any atom is -0.546 e. The van der Waals surface area contributed by atoms with E-state index < -0.39 is 12.6 Å². The predicted octanol–water partition coefficient (Wildman–Crippen LogP) is 0.800. The van der Waals surface area contributed by atoms with Crippen LogP contribution in [0.5, 0.6) is 5.75 Å². The van der Waals surface area contributed by atoms with Crippen molar-refractivity contribution in [3.63, 3.8) is 0 Å². The molecule has 0 unspecified atom stereocenters. The Morgan fingerprint density at radius 1 is 1.33 bits per heavy atom. The third kappa shape index (κ3) is 4.45. The molecule has 0 spiro atoms. The average Bonchev–Trinajstić information content (AvgIpc) is 2.36. The average molecular weight is 250 g/mol. The molecule has 0 bridgehead atoms. The second-order valence-corrected chi connectivity index (χ2v) is 3.98. The van der Waals surface area contributed by atoms with E-state index in [0.717, 1.165) is 6.42 Å². The number of ether oxygens (including phenoxy) is 1. The maximum Gasteiger partial charge on any atom is 0.227 e. The minimum atomic E-state index is -1.27. The maximum atomic E-state index is 11.6. The van der Waals surface area contributed by atoms with Gasteiger partial charge in [0.2, 0.25) is 5.91 Å². The molecule has 1 aromatic carbocycles. The van der Waals surface area contributed by atoms with Crippen molar-refractivity contribution in [3.8, 4) is 5.75 Å². The van der Waals surface area contributed by atoms with Gasteiger partial charge in [-0.05, 0) is 30.7 Å². The summed E-state index contributed by atoms with van der Waals surface area (Å²) in [4.78, 5) is 21.8. The van der Waals surface area contributed by atoms with Crippen LogP contribution in [0.25, 0.3) is 0 Å². The highest BCUT2D eigenvalue weighted by atomic mass is 16.5. The molecule has 5 nitrogen and oxygen atoms in total. The fraction of sp³-hybridized carbons (Fsp3) is 0.385. The van der Waals surface area contributed by atoms with Crippen molar-refractivity contribution in [2.75, 3.05) is 11.9 Å². The monoisotopic (exact) mass is 250 g/mol. The molecular formula is C13H16NO4-. The van der Waals surface area contributed by atoms with Crippen molar-refractivity contribution in [3.05, 3.63) is 24.3 Å². The largest absolute Gasteiger partial charge is 0.546 e. The van der Waals surface area contributed by atoms with Gasteiger partial charge in [-0.1, -0.05) is 13.8 Å². The number of nitrogens with one attached hydrogen (secondary N) is 1. The molecule has 0 aliphatic rings. The minimum absolute atomic E-state index is 0.0408. The molecule has 5 heteroatoms. The molecule has 0 radical (unpaired) electrons. The molecule has 1 rings (SSSR count). The molecule has 0 aliphatic heterocycles. The van der Waals surface area contributed by atoms with Gasteiger partial charge >= 0.3 is 0 Å². The number of carboxylic acids is 1. The zero-order valence-electron chi connectivity index (χ0n) is 10.4. The summed E-state index contributed by atoms with van der Waals surface area (Å²) in [6.45, 7) is 3.31. The second-order valence-electron chi connectivity index (χ2n) is 3.98. The third-order valence-electron chi connectivity index (χ3n) is 2.54. The van der Waals surface area contributed by atoms with E-state index in [4.69, 9.17) is 4.74 Å². The van der Waals surface area contributed by atoms with E-state index in [1.54, 1.807) is 24.3 Å². The van der Waals surface area contributed by atoms with Crippen molar-refractivity contribution in [2.45, 2.75) is 20.3 Å². The molecule has 1 N–H and O–H groups in total. The Morgan fingerprint density at radius 2 is 1.94 bits per heavy atom. The summed E-state index contributed by atoms with van der Waals surface area (Å²) in [6, 6.07) is 6.50. The SMILES string of the molecule is CC[C@H](C)C(=O)Nc1ccc(OCC(=O)[O-])cc1. The van der Waals surface area contributed by atoms with Gasteiger partial charge in [0.25, 0.3) is 0 Å². The molecule has 98 valence electrons. The fourth-order valence-electron chi connectivity index (χ4n) is 1.23. The van der Waals surface area contributed by atoms with Crippen LogP contribution in [-0.4, -0.2) is 18.5 Å². The van der Waals surface area contributed by atoms with Crippen LogP contribution in [0.4, 0.5) is 5.69 Å². The van der Waals surface area contributed by atoms with Crippen LogP contribution in [0.1, 0.15) is 20.3 Å². The van der Waals surface area contributed by atoms with Crippen LogP contribution in [0.15, 0.2) is 24.3 Å².